The summed E-state index contributed by atoms with van der Waals surface area (Å²) < 4.78 is 21.6. The van der Waals surface area contributed by atoms with E-state index < -0.39 is 23.1 Å². The monoisotopic (exact) mass is 482 g/mol. The van der Waals surface area contributed by atoms with Crippen LogP contribution in [-0.4, -0.2) is 86.0 Å². The Labute approximate surface area is 194 Å². The van der Waals surface area contributed by atoms with Crippen LogP contribution >= 0.6 is 25.3 Å². The Morgan fingerprint density at radius 3 is 1.68 bits per heavy atom. The van der Waals surface area contributed by atoms with Crippen molar-refractivity contribution < 1.29 is 38.1 Å². The van der Waals surface area contributed by atoms with Crippen LogP contribution in [0.4, 0.5) is 0 Å². The van der Waals surface area contributed by atoms with E-state index in [4.69, 9.17) is 18.9 Å². The van der Waals surface area contributed by atoms with Crippen LogP contribution in [0.2, 0.25) is 0 Å². The minimum absolute atomic E-state index is 0.00199. The van der Waals surface area contributed by atoms with E-state index in [1.807, 2.05) is 27.7 Å². The van der Waals surface area contributed by atoms with Crippen LogP contribution in [0.3, 0.4) is 0 Å². The minimum atomic E-state index is -0.641. The summed E-state index contributed by atoms with van der Waals surface area (Å²) in [5.41, 5.74) is -1.22. The van der Waals surface area contributed by atoms with Crippen LogP contribution in [0.25, 0.3) is 0 Å². The fraction of sp³-hybridized carbons (Fsp3) is 0.789. The highest BCUT2D eigenvalue weighted by atomic mass is 32.1. The summed E-state index contributed by atoms with van der Waals surface area (Å²) in [4.78, 5) is 45.1. The predicted molar refractivity (Wildman–Crippen MR) is 120 cm³/mol. The van der Waals surface area contributed by atoms with Gasteiger partial charge in [0.2, 0.25) is 11.8 Å². The molecule has 2 N–H and O–H groups in total. The lowest BCUT2D eigenvalue weighted by Gasteiger charge is -2.32. The van der Waals surface area contributed by atoms with Gasteiger partial charge in [0, 0.05) is 6.42 Å². The number of hydrogen-bond acceptors (Lipinski definition) is 10. The molecule has 0 spiro atoms. The lowest BCUT2D eigenvalue weighted by Crippen LogP contribution is -2.38. The van der Waals surface area contributed by atoms with Gasteiger partial charge in [-0.05, 0) is 27.7 Å². The Bertz CT molecular complexity index is 599. The van der Waals surface area contributed by atoms with Gasteiger partial charge in [-0.25, -0.2) is 0 Å². The van der Waals surface area contributed by atoms with E-state index in [9.17, 15) is 19.2 Å². The van der Waals surface area contributed by atoms with E-state index in [-0.39, 0.29) is 62.8 Å². The Balaban J connectivity index is 4.04. The second-order valence-electron chi connectivity index (χ2n) is 7.72. The molecule has 0 saturated carbocycles. The molecule has 0 fully saturated rings. The maximum Gasteiger partial charge on any atom is 0.325 e. The molecule has 10 nitrogen and oxygen atoms in total. The molecule has 0 aromatic rings. The number of rotatable bonds is 16. The number of nitrogens with one attached hydrogen (secondary N) is 2. The van der Waals surface area contributed by atoms with E-state index in [1.165, 1.54) is 0 Å². The lowest BCUT2D eigenvalue weighted by molar-refractivity contribution is -0.154. The lowest BCUT2D eigenvalue weighted by atomic mass is 10.0. The average molecular weight is 483 g/mol. The minimum Gasteiger partial charge on any atom is -0.464 e. The molecule has 0 saturated heterocycles. The topological polar surface area (TPSA) is 129 Å². The third-order valence-corrected chi connectivity index (χ3v) is 4.34. The van der Waals surface area contributed by atoms with Crippen molar-refractivity contribution in [3.8, 4) is 0 Å². The first-order chi connectivity index (χ1) is 14.4. The average Bonchev–Trinajstić information content (AvgIpc) is 2.71. The van der Waals surface area contributed by atoms with Crippen LogP contribution in [0.5, 0.6) is 0 Å². The molecule has 0 rings (SSSR count). The standard InChI is InChI=1S/C19H34N2O8S2/c1-18(2,5-6-26-16(24)9-20-14(22)11-30)29-13-19(3,4)28-8-7-27-17(25)10-21-15(23)12-31/h30-31H,5-13H2,1-4H3,(H,20,22)(H,21,23). The number of ether oxygens (including phenoxy) is 4. The Morgan fingerprint density at radius 2 is 1.19 bits per heavy atom. The van der Waals surface area contributed by atoms with Crippen LogP contribution < -0.4 is 10.6 Å². The van der Waals surface area contributed by atoms with Gasteiger partial charge in [0.1, 0.15) is 19.7 Å². The molecule has 0 bridgehead atoms. The van der Waals surface area contributed by atoms with Crippen molar-refractivity contribution >= 4 is 49.0 Å². The van der Waals surface area contributed by atoms with E-state index in [0.29, 0.717) is 6.42 Å². The van der Waals surface area contributed by atoms with Crippen LogP contribution in [0, 0.1) is 0 Å². The highest BCUT2D eigenvalue weighted by molar-refractivity contribution is 7.81. The van der Waals surface area contributed by atoms with Gasteiger partial charge in [-0.2, -0.15) is 25.3 Å². The van der Waals surface area contributed by atoms with Crippen molar-refractivity contribution in [1.82, 2.24) is 10.6 Å². The molecule has 0 aromatic carbocycles. The number of thiol groups is 2. The summed E-state index contributed by atoms with van der Waals surface area (Å²) in [6.45, 7) is 7.59. The molecule has 0 heterocycles. The summed E-state index contributed by atoms with van der Waals surface area (Å²) in [5, 5.41) is 4.74. The van der Waals surface area contributed by atoms with Crippen molar-refractivity contribution in [2.45, 2.75) is 45.3 Å². The van der Waals surface area contributed by atoms with Crippen molar-refractivity contribution in [1.29, 1.82) is 0 Å². The second kappa shape index (κ2) is 15.3. The Hall–Kier alpha value is -1.50. The van der Waals surface area contributed by atoms with Gasteiger partial charge < -0.3 is 29.6 Å². The SMILES string of the molecule is CC(C)(CCOC(=O)CNC(=O)CS)OCC(C)(C)OCCOC(=O)CNC(=O)CS. The first kappa shape index (κ1) is 29.5. The van der Waals surface area contributed by atoms with Crippen molar-refractivity contribution in [2.24, 2.45) is 0 Å². The molecular formula is C19H34N2O8S2. The van der Waals surface area contributed by atoms with E-state index in [1.54, 1.807) is 0 Å². The maximum absolute atomic E-state index is 11.6. The van der Waals surface area contributed by atoms with Crippen LogP contribution in [0.15, 0.2) is 0 Å². The summed E-state index contributed by atoms with van der Waals surface area (Å²) in [6.07, 6.45) is 0.449. The Kier molecular flexibility index (Phi) is 14.6. The van der Waals surface area contributed by atoms with Crippen molar-refractivity contribution in [3.63, 3.8) is 0 Å². The zero-order chi connectivity index (χ0) is 23.9. The Morgan fingerprint density at radius 1 is 0.710 bits per heavy atom. The fourth-order valence-corrected chi connectivity index (χ4v) is 2.15. The quantitative estimate of drug-likeness (QED) is 0.139. The number of amides is 2. The molecule has 31 heavy (non-hydrogen) atoms. The van der Waals surface area contributed by atoms with Crippen molar-refractivity contribution in [3.05, 3.63) is 0 Å². The number of esters is 2. The zero-order valence-corrected chi connectivity index (χ0v) is 20.3. The van der Waals surface area contributed by atoms with Gasteiger partial charge in [-0.15, -0.1) is 0 Å². The predicted octanol–water partition coefficient (Wildman–Crippen LogP) is 0.145. The van der Waals surface area contributed by atoms with Crippen LogP contribution in [-0.2, 0) is 38.1 Å². The summed E-state index contributed by atoms with van der Waals surface area (Å²) >= 11 is 7.59. The largest absolute Gasteiger partial charge is 0.464 e. The summed E-state index contributed by atoms with van der Waals surface area (Å²) in [5.74, 6) is -1.79. The van der Waals surface area contributed by atoms with Gasteiger partial charge in [0.15, 0.2) is 0 Å². The molecular weight excluding hydrogens is 448 g/mol. The summed E-state index contributed by atoms with van der Waals surface area (Å²) in [6, 6.07) is 0. The third-order valence-electron chi connectivity index (χ3n) is 3.76. The first-order valence-electron chi connectivity index (χ1n) is 9.75. The number of hydrogen-bond donors (Lipinski definition) is 4. The second-order valence-corrected chi connectivity index (χ2v) is 8.35. The van der Waals surface area contributed by atoms with Gasteiger partial charge in [-0.1, -0.05) is 0 Å². The molecule has 0 aromatic heterocycles. The van der Waals surface area contributed by atoms with Gasteiger partial charge in [0.05, 0.1) is 42.5 Å². The highest BCUT2D eigenvalue weighted by Gasteiger charge is 2.26. The molecule has 0 aliphatic rings. The highest BCUT2D eigenvalue weighted by Crippen LogP contribution is 2.19. The van der Waals surface area contributed by atoms with Gasteiger partial charge in [0.25, 0.3) is 0 Å². The smallest absolute Gasteiger partial charge is 0.325 e. The number of carbonyl (C=O) groups is 4. The van der Waals surface area contributed by atoms with Gasteiger partial charge >= 0.3 is 11.9 Å². The fourth-order valence-electron chi connectivity index (χ4n) is 1.92. The van der Waals surface area contributed by atoms with Crippen molar-refractivity contribution in [2.75, 3.05) is 51.0 Å². The molecule has 2 amide bonds. The molecule has 0 aliphatic heterocycles. The molecule has 0 atom stereocenters. The maximum atomic E-state index is 11.6. The summed E-state index contributed by atoms with van der Waals surface area (Å²) in [7, 11) is 0. The molecule has 0 aliphatic carbocycles. The number of carbonyl (C=O) groups excluding carboxylic acids is 4. The van der Waals surface area contributed by atoms with E-state index in [0.717, 1.165) is 0 Å². The van der Waals surface area contributed by atoms with E-state index in [2.05, 4.69) is 35.9 Å². The third kappa shape index (κ3) is 16.8. The zero-order valence-electron chi connectivity index (χ0n) is 18.5. The first-order valence-corrected chi connectivity index (χ1v) is 11.0. The molecule has 180 valence electrons. The molecule has 0 radical (unpaired) electrons. The normalized spacial score (nSPS) is 11.5. The van der Waals surface area contributed by atoms with Crippen LogP contribution in [0.1, 0.15) is 34.1 Å². The molecule has 12 heteroatoms. The van der Waals surface area contributed by atoms with Gasteiger partial charge in [-0.3, -0.25) is 19.2 Å². The molecule has 0 unspecified atom stereocenters. The van der Waals surface area contributed by atoms with E-state index >= 15 is 0 Å².